The summed E-state index contributed by atoms with van der Waals surface area (Å²) in [5, 5.41) is 0. The van der Waals surface area contributed by atoms with Crippen LogP contribution >= 0.6 is 0 Å². The van der Waals surface area contributed by atoms with Crippen LogP contribution in [-0.2, 0) is 13.0 Å². The average molecular weight is 370 g/mol. The molecule has 1 aromatic heterocycles. The quantitative estimate of drug-likeness (QED) is 0.254. The van der Waals surface area contributed by atoms with Crippen molar-refractivity contribution in [1.29, 1.82) is 0 Å². The summed E-state index contributed by atoms with van der Waals surface area (Å²) in [6, 6.07) is 11.3. The zero-order valence-electron chi connectivity index (χ0n) is 18.0. The molecule has 0 atom stereocenters. The topological polar surface area (TPSA) is 8.81 Å². The van der Waals surface area contributed by atoms with E-state index in [0.717, 1.165) is 6.54 Å². The summed E-state index contributed by atoms with van der Waals surface area (Å²) in [4.78, 5) is 0. The first-order valence-electron chi connectivity index (χ1n) is 11.4. The maximum absolute atomic E-state index is 2.46. The van der Waals surface area contributed by atoms with Gasteiger partial charge in [-0.05, 0) is 25.8 Å². The van der Waals surface area contributed by atoms with Crippen LogP contribution < -0.4 is 4.57 Å². The van der Waals surface area contributed by atoms with E-state index in [0.29, 0.717) is 6.04 Å². The fourth-order valence-corrected chi connectivity index (χ4v) is 3.91. The second-order valence-corrected chi connectivity index (χ2v) is 8.26. The van der Waals surface area contributed by atoms with Crippen molar-refractivity contribution in [2.45, 2.75) is 104 Å². The van der Waals surface area contributed by atoms with Crippen molar-refractivity contribution in [3.05, 3.63) is 54.1 Å². The standard InChI is InChI=1S/C25H41N2/c1-4-5-6-7-8-9-10-11-12-16-19-25-26(20-21-27(25)23(2)3)22-24-17-14-13-15-18-24/h13-15,17-18,20-21,23H,4-12,16,19,22H2,1-3H3/q+1. The lowest BCUT2D eigenvalue weighted by Gasteiger charge is -2.08. The molecule has 2 nitrogen and oxygen atoms in total. The number of hydrogen-bond donors (Lipinski definition) is 0. The summed E-state index contributed by atoms with van der Waals surface area (Å²) in [5.41, 5.74) is 1.38. The van der Waals surface area contributed by atoms with Crippen LogP contribution in [0.3, 0.4) is 0 Å². The molecule has 2 aromatic rings. The number of benzene rings is 1. The molecule has 0 radical (unpaired) electrons. The third-order valence-corrected chi connectivity index (χ3v) is 5.54. The van der Waals surface area contributed by atoms with Gasteiger partial charge in [-0.3, -0.25) is 0 Å². The summed E-state index contributed by atoms with van der Waals surface area (Å²) in [6.07, 6.45) is 19.7. The highest BCUT2D eigenvalue weighted by molar-refractivity contribution is 5.15. The molecule has 1 aromatic carbocycles. The molecule has 27 heavy (non-hydrogen) atoms. The van der Waals surface area contributed by atoms with Gasteiger partial charge in [0.25, 0.3) is 5.82 Å². The number of nitrogens with zero attached hydrogens (tertiary/aromatic N) is 2. The third-order valence-electron chi connectivity index (χ3n) is 5.54. The Labute approximate surface area is 167 Å². The molecule has 150 valence electrons. The maximum atomic E-state index is 2.46. The van der Waals surface area contributed by atoms with Crippen molar-refractivity contribution in [1.82, 2.24) is 4.57 Å². The summed E-state index contributed by atoms with van der Waals surface area (Å²) in [5.74, 6) is 1.48. The minimum atomic E-state index is 0.528. The number of imidazole rings is 1. The lowest BCUT2D eigenvalue weighted by Crippen LogP contribution is -2.39. The van der Waals surface area contributed by atoms with Gasteiger partial charge in [0, 0.05) is 6.42 Å². The lowest BCUT2D eigenvalue weighted by atomic mass is 10.1. The van der Waals surface area contributed by atoms with E-state index in [1.807, 2.05) is 0 Å². The normalized spacial score (nSPS) is 11.4. The molecule has 0 spiro atoms. The number of unbranched alkanes of at least 4 members (excludes halogenated alkanes) is 9. The maximum Gasteiger partial charge on any atom is 0.256 e. The Bertz CT molecular complexity index is 613. The van der Waals surface area contributed by atoms with E-state index in [4.69, 9.17) is 0 Å². The Balaban J connectivity index is 1.75. The molecule has 0 unspecified atom stereocenters. The zero-order chi connectivity index (χ0) is 19.3. The van der Waals surface area contributed by atoms with Crippen molar-refractivity contribution in [3.63, 3.8) is 0 Å². The van der Waals surface area contributed by atoms with E-state index in [1.54, 1.807) is 0 Å². The molecule has 0 saturated carbocycles. The van der Waals surface area contributed by atoms with Crippen LogP contribution in [0.4, 0.5) is 0 Å². The summed E-state index contributed by atoms with van der Waals surface area (Å²) in [6.45, 7) is 7.84. The van der Waals surface area contributed by atoms with Gasteiger partial charge in [-0.1, -0.05) is 95.0 Å². The Hall–Kier alpha value is -1.57. The third kappa shape index (κ3) is 7.91. The molecule has 0 saturated heterocycles. The average Bonchev–Trinajstić information content (AvgIpc) is 3.07. The smallest absolute Gasteiger partial charge is 0.232 e. The van der Waals surface area contributed by atoms with Gasteiger partial charge in [-0.25, -0.2) is 9.13 Å². The lowest BCUT2D eigenvalue weighted by molar-refractivity contribution is -0.722. The Kier molecular flexibility index (Phi) is 10.3. The Morgan fingerprint density at radius 1 is 0.815 bits per heavy atom. The van der Waals surface area contributed by atoms with Gasteiger partial charge in [0.1, 0.15) is 18.9 Å². The molecule has 1 heterocycles. The van der Waals surface area contributed by atoms with Crippen molar-refractivity contribution >= 4 is 0 Å². The molecule has 0 aliphatic rings. The van der Waals surface area contributed by atoms with Crippen LogP contribution in [0.25, 0.3) is 0 Å². The van der Waals surface area contributed by atoms with Crippen molar-refractivity contribution < 1.29 is 4.57 Å². The minimum Gasteiger partial charge on any atom is -0.232 e. The van der Waals surface area contributed by atoms with E-state index in [9.17, 15) is 0 Å². The highest BCUT2D eigenvalue weighted by Gasteiger charge is 2.19. The van der Waals surface area contributed by atoms with E-state index in [-0.39, 0.29) is 0 Å². The van der Waals surface area contributed by atoms with E-state index in [2.05, 4.69) is 72.6 Å². The molecule has 0 aliphatic heterocycles. The molecule has 0 bridgehead atoms. The second-order valence-electron chi connectivity index (χ2n) is 8.26. The number of rotatable bonds is 14. The predicted molar refractivity (Wildman–Crippen MR) is 116 cm³/mol. The molecule has 2 rings (SSSR count). The minimum absolute atomic E-state index is 0.528. The first kappa shape index (κ1) is 21.7. The SMILES string of the molecule is CCCCCCCCCCCCc1n(Cc2ccccc2)cc[n+]1C(C)C. The molecule has 0 fully saturated rings. The van der Waals surface area contributed by atoms with Gasteiger partial charge in [-0.2, -0.15) is 0 Å². The van der Waals surface area contributed by atoms with Gasteiger partial charge < -0.3 is 0 Å². The molecule has 0 N–H and O–H groups in total. The first-order valence-corrected chi connectivity index (χ1v) is 11.4. The van der Waals surface area contributed by atoms with Crippen LogP contribution in [0.1, 0.15) is 102 Å². The van der Waals surface area contributed by atoms with Crippen LogP contribution in [0.15, 0.2) is 42.7 Å². The van der Waals surface area contributed by atoms with E-state index >= 15 is 0 Å². The van der Waals surface area contributed by atoms with Crippen LogP contribution in [0.5, 0.6) is 0 Å². The van der Waals surface area contributed by atoms with Gasteiger partial charge >= 0.3 is 0 Å². The fourth-order valence-electron chi connectivity index (χ4n) is 3.91. The number of aromatic nitrogens is 2. The summed E-state index contributed by atoms with van der Waals surface area (Å²) < 4.78 is 4.90. The highest BCUT2D eigenvalue weighted by atomic mass is 15.2. The van der Waals surface area contributed by atoms with Gasteiger partial charge in [0.15, 0.2) is 0 Å². The monoisotopic (exact) mass is 369 g/mol. The highest BCUT2D eigenvalue weighted by Crippen LogP contribution is 2.13. The fraction of sp³-hybridized carbons (Fsp3) is 0.640. The van der Waals surface area contributed by atoms with Crippen molar-refractivity contribution in [3.8, 4) is 0 Å². The predicted octanol–water partition coefficient (Wildman–Crippen LogP) is 6.87. The van der Waals surface area contributed by atoms with Crippen molar-refractivity contribution in [2.75, 3.05) is 0 Å². The second kappa shape index (κ2) is 12.8. The molecular formula is C25H41N2+. The summed E-state index contributed by atoms with van der Waals surface area (Å²) >= 11 is 0. The molecule has 0 amide bonds. The Morgan fingerprint density at radius 3 is 2.00 bits per heavy atom. The largest absolute Gasteiger partial charge is 0.256 e. The van der Waals surface area contributed by atoms with Crippen LogP contribution in [0.2, 0.25) is 0 Å². The van der Waals surface area contributed by atoms with Gasteiger partial charge in [0.2, 0.25) is 0 Å². The Morgan fingerprint density at radius 2 is 1.41 bits per heavy atom. The van der Waals surface area contributed by atoms with Crippen LogP contribution in [0, 0.1) is 0 Å². The van der Waals surface area contributed by atoms with E-state index < -0.39 is 0 Å². The summed E-state index contributed by atoms with van der Waals surface area (Å²) in [7, 11) is 0. The van der Waals surface area contributed by atoms with Crippen LogP contribution in [-0.4, -0.2) is 4.57 Å². The zero-order valence-corrected chi connectivity index (χ0v) is 18.0. The van der Waals surface area contributed by atoms with Gasteiger partial charge in [0.05, 0.1) is 6.04 Å². The molecular weight excluding hydrogens is 328 g/mol. The first-order chi connectivity index (χ1) is 13.2. The number of hydrogen-bond acceptors (Lipinski definition) is 0. The van der Waals surface area contributed by atoms with Gasteiger partial charge in [-0.15, -0.1) is 0 Å². The van der Waals surface area contributed by atoms with E-state index in [1.165, 1.54) is 82.0 Å². The van der Waals surface area contributed by atoms with Crippen molar-refractivity contribution in [2.24, 2.45) is 0 Å². The molecule has 2 heteroatoms. The molecule has 0 aliphatic carbocycles.